The Bertz CT molecular complexity index is 1060. The minimum absolute atomic E-state index is 0.0226. The summed E-state index contributed by atoms with van der Waals surface area (Å²) in [6.07, 6.45) is 1.69. The number of carbonyl (C=O) groups excluding carboxylic acids is 2. The van der Waals surface area contributed by atoms with Gasteiger partial charge in [-0.2, -0.15) is 10.2 Å². The second-order valence-corrected chi connectivity index (χ2v) is 6.51. The lowest BCUT2D eigenvalue weighted by Crippen LogP contribution is -2.29. The third kappa shape index (κ3) is 3.29. The molecule has 27 heavy (non-hydrogen) atoms. The second kappa shape index (κ2) is 6.99. The largest absolute Gasteiger partial charge is 0.273 e. The summed E-state index contributed by atoms with van der Waals surface area (Å²) < 4.78 is 0. The summed E-state index contributed by atoms with van der Waals surface area (Å²) in [4.78, 5) is 23.8. The van der Waals surface area contributed by atoms with E-state index in [4.69, 9.17) is 0 Å². The standard InChI is InChI=1S/C21H18N4O2/c1-13-18(21(27)25-23-13)11-20(26)24-22-12-19-16-8-4-2-6-14(16)10-15-7-3-5-9-17(15)19/h2-10,12,18H,11H2,1H3,(H,24,26)(H,25,27)/b22-12-/t18-/m1/s1. The number of hydrogen-bond acceptors (Lipinski definition) is 4. The molecule has 6 nitrogen and oxygen atoms in total. The molecule has 3 aromatic carbocycles. The Balaban J connectivity index is 1.59. The molecule has 0 unspecified atom stereocenters. The summed E-state index contributed by atoms with van der Waals surface area (Å²) in [7, 11) is 0. The van der Waals surface area contributed by atoms with E-state index in [2.05, 4.69) is 39.3 Å². The van der Waals surface area contributed by atoms with Crippen LogP contribution in [0.3, 0.4) is 0 Å². The van der Waals surface area contributed by atoms with Crippen LogP contribution in [0.1, 0.15) is 18.9 Å². The van der Waals surface area contributed by atoms with Crippen LogP contribution in [0.2, 0.25) is 0 Å². The van der Waals surface area contributed by atoms with Crippen molar-refractivity contribution in [3.63, 3.8) is 0 Å². The van der Waals surface area contributed by atoms with Crippen molar-refractivity contribution in [2.24, 2.45) is 16.1 Å². The smallest absolute Gasteiger partial charge is 0.249 e. The Labute approximate surface area is 155 Å². The third-order valence-corrected chi connectivity index (χ3v) is 4.75. The molecule has 3 aromatic rings. The number of hydrazone groups is 2. The fraction of sp³-hybridized carbons (Fsp3) is 0.143. The van der Waals surface area contributed by atoms with Crippen LogP contribution in [0.4, 0.5) is 0 Å². The highest BCUT2D eigenvalue weighted by Crippen LogP contribution is 2.27. The highest BCUT2D eigenvalue weighted by atomic mass is 16.2. The van der Waals surface area contributed by atoms with Gasteiger partial charge in [0.05, 0.1) is 12.1 Å². The van der Waals surface area contributed by atoms with Gasteiger partial charge >= 0.3 is 0 Å². The van der Waals surface area contributed by atoms with Gasteiger partial charge in [0.1, 0.15) is 0 Å². The summed E-state index contributed by atoms with van der Waals surface area (Å²) in [5.41, 5.74) is 6.46. The molecule has 134 valence electrons. The van der Waals surface area contributed by atoms with Gasteiger partial charge in [0.25, 0.3) is 0 Å². The molecule has 1 aliphatic rings. The molecule has 4 rings (SSSR count). The van der Waals surface area contributed by atoms with Crippen LogP contribution in [0.5, 0.6) is 0 Å². The Morgan fingerprint density at radius 1 is 1.15 bits per heavy atom. The van der Waals surface area contributed by atoms with Gasteiger partial charge in [-0.25, -0.2) is 10.9 Å². The van der Waals surface area contributed by atoms with E-state index in [1.54, 1.807) is 13.1 Å². The van der Waals surface area contributed by atoms with Crippen molar-refractivity contribution in [3.8, 4) is 0 Å². The number of rotatable bonds is 4. The number of hydrogen-bond donors (Lipinski definition) is 2. The predicted molar refractivity (Wildman–Crippen MR) is 107 cm³/mol. The number of fused-ring (bicyclic) bond motifs is 2. The third-order valence-electron chi connectivity index (χ3n) is 4.75. The molecule has 2 amide bonds. The van der Waals surface area contributed by atoms with E-state index in [1.165, 1.54) is 0 Å². The number of benzene rings is 3. The molecule has 1 atom stereocenters. The monoisotopic (exact) mass is 358 g/mol. The average molecular weight is 358 g/mol. The van der Waals surface area contributed by atoms with E-state index >= 15 is 0 Å². The summed E-state index contributed by atoms with van der Waals surface area (Å²) in [5, 5.41) is 12.3. The Morgan fingerprint density at radius 2 is 1.78 bits per heavy atom. The van der Waals surface area contributed by atoms with Gasteiger partial charge in [0.2, 0.25) is 11.8 Å². The number of amides is 2. The van der Waals surface area contributed by atoms with Crippen molar-refractivity contribution in [3.05, 3.63) is 60.2 Å². The van der Waals surface area contributed by atoms with E-state index in [0.29, 0.717) is 5.71 Å². The molecule has 0 spiro atoms. The Kier molecular flexibility index (Phi) is 4.38. The van der Waals surface area contributed by atoms with Crippen molar-refractivity contribution in [1.82, 2.24) is 10.9 Å². The topological polar surface area (TPSA) is 82.9 Å². The molecule has 0 saturated carbocycles. The first-order valence-electron chi connectivity index (χ1n) is 8.70. The molecular weight excluding hydrogens is 340 g/mol. The zero-order chi connectivity index (χ0) is 18.8. The Morgan fingerprint density at radius 3 is 2.37 bits per heavy atom. The van der Waals surface area contributed by atoms with Crippen LogP contribution < -0.4 is 10.9 Å². The van der Waals surface area contributed by atoms with Crippen molar-refractivity contribution in [1.29, 1.82) is 0 Å². The molecule has 0 bridgehead atoms. The lowest BCUT2D eigenvalue weighted by atomic mass is 9.97. The van der Waals surface area contributed by atoms with Crippen LogP contribution >= 0.6 is 0 Å². The zero-order valence-corrected chi connectivity index (χ0v) is 14.8. The fourth-order valence-corrected chi connectivity index (χ4v) is 3.32. The molecule has 2 N–H and O–H groups in total. The van der Waals surface area contributed by atoms with Crippen molar-refractivity contribution in [2.75, 3.05) is 0 Å². The van der Waals surface area contributed by atoms with Crippen molar-refractivity contribution in [2.45, 2.75) is 13.3 Å². The molecule has 0 saturated heterocycles. The summed E-state index contributed by atoms with van der Waals surface area (Å²) in [6, 6.07) is 18.3. The predicted octanol–water partition coefficient (Wildman–Crippen LogP) is 2.96. The van der Waals surface area contributed by atoms with Crippen molar-refractivity contribution >= 4 is 45.3 Å². The number of carbonyl (C=O) groups is 2. The van der Waals surface area contributed by atoms with Gasteiger partial charge in [-0.1, -0.05) is 48.5 Å². The van der Waals surface area contributed by atoms with Crippen LogP contribution in [0.25, 0.3) is 21.5 Å². The molecule has 6 heteroatoms. The zero-order valence-electron chi connectivity index (χ0n) is 14.8. The maximum atomic E-state index is 12.1. The summed E-state index contributed by atoms with van der Waals surface area (Å²) >= 11 is 0. The maximum Gasteiger partial charge on any atom is 0.249 e. The van der Waals surface area contributed by atoms with Crippen LogP contribution in [0.15, 0.2) is 64.8 Å². The normalized spacial score (nSPS) is 16.7. The molecular formula is C21H18N4O2. The molecule has 0 aromatic heterocycles. The summed E-state index contributed by atoms with van der Waals surface area (Å²) in [6.45, 7) is 1.72. The first kappa shape index (κ1) is 16.9. The SMILES string of the molecule is CC1=NNC(=O)[C@@H]1CC(=O)N/N=C\c1c2ccccc2cc2ccccc12. The molecule has 1 aliphatic heterocycles. The van der Waals surface area contributed by atoms with Crippen LogP contribution in [0, 0.1) is 5.92 Å². The Hall–Kier alpha value is -3.54. The molecule has 1 heterocycles. The van der Waals surface area contributed by atoms with E-state index in [-0.39, 0.29) is 18.2 Å². The average Bonchev–Trinajstić information content (AvgIpc) is 2.99. The maximum absolute atomic E-state index is 12.1. The first-order valence-corrected chi connectivity index (χ1v) is 8.70. The quantitative estimate of drug-likeness (QED) is 0.427. The molecule has 0 radical (unpaired) electrons. The first-order chi connectivity index (χ1) is 13.1. The van der Waals surface area contributed by atoms with E-state index < -0.39 is 5.92 Å². The van der Waals surface area contributed by atoms with Gasteiger partial charge in [0.15, 0.2) is 0 Å². The number of nitrogens with one attached hydrogen (secondary N) is 2. The van der Waals surface area contributed by atoms with Crippen molar-refractivity contribution < 1.29 is 9.59 Å². The van der Waals surface area contributed by atoms with E-state index in [0.717, 1.165) is 27.1 Å². The summed E-state index contributed by atoms with van der Waals surface area (Å²) in [5.74, 6) is -1.11. The second-order valence-electron chi connectivity index (χ2n) is 6.51. The van der Waals surface area contributed by atoms with Crippen LogP contribution in [-0.2, 0) is 9.59 Å². The lowest BCUT2D eigenvalue weighted by molar-refractivity contribution is -0.127. The minimum atomic E-state index is -0.529. The van der Waals surface area contributed by atoms with Gasteiger partial charge in [0, 0.05) is 17.7 Å². The van der Waals surface area contributed by atoms with Gasteiger partial charge in [-0.15, -0.1) is 0 Å². The van der Waals surface area contributed by atoms with Gasteiger partial charge in [-0.3, -0.25) is 9.59 Å². The van der Waals surface area contributed by atoms with Gasteiger partial charge < -0.3 is 0 Å². The van der Waals surface area contributed by atoms with Gasteiger partial charge in [-0.05, 0) is 34.5 Å². The molecule has 0 aliphatic carbocycles. The fourth-order valence-electron chi connectivity index (χ4n) is 3.32. The minimum Gasteiger partial charge on any atom is -0.273 e. The highest BCUT2D eigenvalue weighted by Gasteiger charge is 2.28. The van der Waals surface area contributed by atoms with E-state index in [9.17, 15) is 9.59 Å². The van der Waals surface area contributed by atoms with Crippen LogP contribution in [-0.4, -0.2) is 23.7 Å². The molecule has 0 fully saturated rings. The lowest BCUT2D eigenvalue weighted by Gasteiger charge is -2.08. The number of nitrogens with zero attached hydrogens (tertiary/aromatic N) is 2. The van der Waals surface area contributed by atoms with E-state index in [1.807, 2.05) is 36.4 Å². The highest BCUT2D eigenvalue weighted by molar-refractivity contribution is 6.13.